The number of aryl methyl sites for hydroxylation is 1. The minimum atomic E-state index is -1.03. The topological polar surface area (TPSA) is 67.2 Å². The molecule has 1 heterocycles. The molecule has 1 amide bonds. The molecule has 0 atom stereocenters. The van der Waals surface area contributed by atoms with E-state index in [1.54, 1.807) is 0 Å². The predicted octanol–water partition coefficient (Wildman–Crippen LogP) is 6.53. The van der Waals surface area contributed by atoms with E-state index in [1.165, 1.54) is 11.1 Å². The van der Waals surface area contributed by atoms with Gasteiger partial charge in [0, 0.05) is 12.2 Å². The normalized spacial score (nSPS) is 12.3. The maximum absolute atomic E-state index is 11.1. The summed E-state index contributed by atoms with van der Waals surface area (Å²) in [5, 5.41) is 11.6. The minimum Gasteiger partial charge on any atom is -0.465 e. The molecular weight excluding hydrogens is 374 g/mol. The van der Waals surface area contributed by atoms with Gasteiger partial charge in [-0.3, -0.25) is 5.32 Å². The van der Waals surface area contributed by atoms with Crippen LogP contribution in [0.4, 0.5) is 10.5 Å². The number of aromatic nitrogens is 2. The maximum atomic E-state index is 11.1. The first-order chi connectivity index (χ1) is 14.3. The summed E-state index contributed by atoms with van der Waals surface area (Å²) in [4.78, 5) is 15.7. The van der Waals surface area contributed by atoms with E-state index < -0.39 is 6.09 Å². The first-order valence-corrected chi connectivity index (χ1v) is 10.4. The Kier molecular flexibility index (Phi) is 6.60. The van der Waals surface area contributed by atoms with Crippen molar-refractivity contribution in [2.75, 3.05) is 5.32 Å². The van der Waals surface area contributed by atoms with Crippen molar-refractivity contribution in [2.45, 2.75) is 58.9 Å². The Morgan fingerprint density at radius 3 is 2.63 bits per heavy atom. The lowest BCUT2D eigenvalue weighted by atomic mass is 9.79. The number of allylic oxidation sites excluding steroid dienone is 2. The smallest absolute Gasteiger partial charge is 0.409 e. The highest BCUT2D eigenvalue weighted by Gasteiger charge is 2.23. The molecule has 1 aromatic heterocycles. The molecule has 2 N–H and O–H groups in total. The van der Waals surface area contributed by atoms with Gasteiger partial charge < -0.3 is 9.67 Å². The molecule has 0 saturated carbocycles. The molecule has 0 fully saturated rings. The Balaban J connectivity index is 1.61. The van der Waals surface area contributed by atoms with Gasteiger partial charge in [-0.1, -0.05) is 55.8 Å². The molecule has 3 rings (SSSR count). The van der Waals surface area contributed by atoms with E-state index in [0.29, 0.717) is 5.69 Å². The van der Waals surface area contributed by atoms with Gasteiger partial charge in [0.15, 0.2) is 0 Å². The van der Waals surface area contributed by atoms with Crippen molar-refractivity contribution in [3.8, 4) is 0 Å². The fraction of sp³-hybridized carbons (Fsp3) is 0.360. The van der Waals surface area contributed by atoms with Crippen LogP contribution in [0.5, 0.6) is 0 Å². The summed E-state index contributed by atoms with van der Waals surface area (Å²) in [5.41, 5.74) is 5.16. The second-order valence-electron chi connectivity index (χ2n) is 8.52. The summed E-state index contributed by atoms with van der Waals surface area (Å²) in [6.45, 7) is 9.41. The molecular formula is C25H31N3O2. The molecule has 0 aliphatic carbocycles. The third-order valence-corrected chi connectivity index (χ3v) is 5.74. The van der Waals surface area contributed by atoms with Crippen LogP contribution in [-0.4, -0.2) is 20.8 Å². The number of hydrogen-bond donors (Lipinski definition) is 2. The van der Waals surface area contributed by atoms with Gasteiger partial charge in [-0.2, -0.15) is 0 Å². The minimum absolute atomic E-state index is 0.115. The lowest BCUT2D eigenvalue weighted by molar-refractivity contribution is 0.209. The van der Waals surface area contributed by atoms with Crippen molar-refractivity contribution in [3.05, 3.63) is 71.6 Å². The van der Waals surface area contributed by atoms with Crippen LogP contribution in [0.25, 0.3) is 11.0 Å². The van der Waals surface area contributed by atoms with Crippen LogP contribution in [0.3, 0.4) is 0 Å². The summed E-state index contributed by atoms with van der Waals surface area (Å²) in [6.07, 6.45) is 4.29. The number of para-hydroxylation sites is 3. The van der Waals surface area contributed by atoms with Crippen LogP contribution in [0.2, 0.25) is 0 Å². The first-order valence-electron chi connectivity index (χ1n) is 10.4. The zero-order valence-electron chi connectivity index (χ0n) is 18.3. The predicted molar refractivity (Wildman–Crippen MR) is 123 cm³/mol. The number of carboxylic acid groups (broad SMARTS) is 1. The van der Waals surface area contributed by atoms with Crippen LogP contribution < -0.4 is 5.32 Å². The molecule has 0 aliphatic rings. The Labute approximate surface area is 178 Å². The van der Waals surface area contributed by atoms with Crippen molar-refractivity contribution >= 4 is 22.8 Å². The monoisotopic (exact) mass is 405 g/mol. The molecule has 0 bridgehead atoms. The molecule has 0 spiro atoms. The second kappa shape index (κ2) is 9.16. The second-order valence-corrected chi connectivity index (χ2v) is 8.52. The van der Waals surface area contributed by atoms with Gasteiger partial charge in [0.1, 0.15) is 5.82 Å². The Morgan fingerprint density at radius 1 is 1.17 bits per heavy atom. The van der Waals surface area contributed by atoms with E-state index in [1.807, 2.05) is 37.3 Å². The van der Waals surface area contributed by atoms with E-state index >= 15 is 0 Å². The highest BCUT2D eigenvalue weighted by atomic mass is 16.4. The van der Waals surface area contributed by atoms with Gasteiger partial charge >= 0.3 is 6.09 Å². The van der Waals surface area contributed by atoms with E-state index in [9.17, 15) is 4.79 Å². The number of anilines is 1. The fourth-order valence-corrected chi connectivity index (χ4v) is 4.02. The Morgan fingerprint density at radius 2 is 1.87 bits per heavy atom. The lowest BCUT2D eigenvalue weighted by Gasteiger charge is -2.27. The highest BCUT2D eigenvalue weighted by Crippen LogP contribution is 2.34. The van der Waals surface area contributed by atoms with Crippen LogP contribution in [0, 0.1) is 6.92 Å². The van der Waals surface area contributed by atoms with Crippen LogP contribution in [0.15, 0.2) is 60.2 Å². The highest BCUT2D eigenvalue weighted by molar-refractivity contribution is 5.84. The molecule has 0 radical (unpaired) electrons. The first kappa shape index (κ1) is 21.6. The van der Waals surface area contributed by atoms with E-state index in [-0.39, 0.29) is 5.41 Å². The van der Waals surface area contributed by atoms with Crippen LogP contribution >= 0.6 is 0 Å². The number of nitrogens with zero attached hydrogens (tertiary/aromatic N) is 2. The largest absolute Gasteiger partial charge is 0.465 e. The van der Waals surface area contributed by atoms with Gasteiger partial charge in [-0.15, -0.1) is 0 Å². The van der Waals surface area contributed by atoms with E-state index in [4.69, 9.17) is 5.11 Å². The molecule has 5 heteroatoms. The quantitative estimate of drug-likeness (QED) is 0.419. The number of imidazole rings is 1. The lowest BCUT2D eigenvalue weighted by Crippen LogP contribution is -2.20. The van der Waals surface area contributed by atoms with Crippen molar-refractivity contribution in [3.63, 3.8) is 0 Å². The number of fused-ring (bicyclic) bond motifs is 1. The third kappa shape index (κ3) is 5.09. The third-order valence-electron chi connectivity index (χ3n) is 5.74. The van der Waals surface area contributed by atoms with Crippen molar-refractivity contribution < 1.29 is 9.90 Å². The van der Waals surface area contributed by atoms with Gasteiger partial charge in [-0.05, 0) is 62.3 Å². The van der Waals surface area contributed by atoms with Gasteiger partial charge in [0.2, 0.25) is 0 Å². The van der Waals surface area contributed by atoms with Gasteiger partial charge in [-0.25, -0.2) is 9.78 Å². The summed E-state index contributed by atoms with van der Waals surface area (Å²) < 4.78 is 2.25. The standard InChI is InChI=1S/C25H31N3O2/c1-18(15-17-28-19(2)26-22-13-7-8-14-23(22)28)10-9-16-25(3,4)20-11-5-6-12-21(20)27-24(29)30/h5-8,11-15,27H,9-10,16-17H2,1-4H3,(H,29,30). The Bertz CT molecular complexity index is 1060. The van der Waals surface area contributed by atoms with Crippen LogP contribution in [0.1, 0.15) is 51.4 Å². The molecule has 158 valence electrons. The number of hydrogen-bond acceptors (Lipinski definition) is 2. The molecule has 0 aliphatic heterocycles. The number of carbonyl (C=O) groups is 1. The summed E-state index contributed by atoms with van der Waals surface area (Å²) in [6, 6.07) is 15.9. The average molecular weight is 406 g/mol. The van der Waals surface area contributed by atoms with Gasteiger partial charge in [0.05, 0.1) is 11.0 Å². The number of amides is 1. The number of nitrogens with one attached hydrogen (secondary N) is 1. The number of rotatable bonds is 8. The average Bonchev–Trinajstić information content (AvgIpc) is 3.01. The SMILES string of the molecule is CC(=CCn1c(C)nc2ccccc21)CCCC(C)(C)c1ccccc1NC(=O)O. The van der Waals surface area contributed by atoms with Crippen molar-refractivity contribution in [1.29, 1.82) is 0 Å². The van der Waals surface area contributed by atoms with Crippen molar-refractivity contribution in [2.24, 2.45) is 0 Å². The molecule has 0 unspecified atom stereocenters. The van der Waals surface area contributed by atoms with E-state index in [0.717, 1.165) is 42.7 Å². The Hall–Kier alpha value is -3.08. The zero-order valence-corrected chi connectivity index (χ0v) is 18.3. The summed E-state index contributed by atoms with van der Waals surface area (Å²) in [7, 11) is 0. The zero-order chi connectivity index (χ0) is 21.7. The molecule has 2 aromatic carbocycles. The van der Waals surface area contributed by atoms with Crippen LogP contribution in [-0.2, 0) is 12.0 Å². The summed E-state index contributed by atoms with van der Waals surface area (Å²) >= 11 is 0. The summed E-state index contributed by atoms with van der Waals surface area (Å²) in [5.74, 6) is 1.03. The van der Waals surface area contributed by atoms with E-state index in [2.05, 4.69) is 59.9 Å². The van der Waals surface area contributed by atoms with Gasteiger partial charge in [0.25, 0.3) is 0 Å². The molecule has 3 aromatic rings. The fourth-order valence-electron chi connectivity index (χ4n) is 4.02. The molecule has 0 saturated heterocycles. The van der Waals surface area contributed by atoms with Crippen molar-refractivity contribution in [1.82, 2.24) is 9.55 Å². The number of benzene rings is 2. The molecule has 5 nitrogen and oxygen atoms in total. The molecule has 30 heavy (non-hydrogen) atoms. The maximum Gasteiger partial charge on any atom is 0.409 e.